The van der Waals surface area contributed by atoms with E-state index < -0.39 is 0 Å². The van der Waals surface area contributed by atoms with Crippen molar-refractivity contribution in [3.05, 3.63) is 217 Å². The van der Waals surface area contributed by atoms with Crippen molar-refractivity contribution in [2.24, 2.45) is 5.92 Å². The lowest BCUT2D eigenvalue weighted by molar-refractivity contribution is 0.639. The fraction of sp³-hybridized carbons (Fsp3) is 0.100. The van der Waals surface area contributed by atoms with Crippen LogP contribution in [-0.2, 0) is 6.42 Å². The normalized spacial score (nSPS) is 16.4. The van der Waals surface area contributed by atoms with Gasteiger partial charge in [-0.1, -0.05) is 188 Å². The number of hydrogen-bond acceptors (Lipinski definition) is 1. The SMILES string of the molecule is CC1=CC(C)CC(N(c2cc3ccc4cccc5ccc(c2)c3c45)C2C=Cc3c(c4ccccc4c4c(-c5ccccc5)cc(-c5ccccc5)c(-c5ccccc5)c34)C2)=C1. The lowest BCUT2D eigenvalue weighted by atomic mass is 9.77. The number of allylic oxidation sites excluding steroid dienone is 4. The fourth-order valence-electron chi connectivity index (χ4n) is 11.0. The Balaban J connectivity index is 1.14. The van der Waals surface area contributed by atoms with Gasteiger partial charge in [-0.05, 0) is 148 Å². The van der Waals surface area contributed by atoms with Crippen LogP contribution in [0.5, 0.6) is 0 Å². The number of hydrogen-bond donors (Lipinski definition) is 0. The molecule has 2 atom stereocenters. The number of anilines is 1. The summed E-state index contributed by atoms with van der Waals surface area (Å²) in [7, 11) is 0. The third-order valence-corrected chi connectivity index (χ3v) is 13.4. The molecule has 290 valence electrons. The van der Waals surface area contributed by atoms with Gasteiger partial charge in [0.1, 0.15) is 0 Å². The molecule has 0 bridgehead atoms. The van der Waals surface area contributed by atoms with Crippen molar-refractivity contribution in [3.63, 3.8) is 0 Å². The maximum absolute atomic E-state index is 2.69. The summed E-state index contributed by atoms with van der Waals surface area (Å²) in [5.41, 5.74) is 14.2. The maximum Gasteiger partial charge on any atom is 0.0563 e. The maximum atomic E-state index is 2.69. The van der Waals surface area contributed by atoms with E-state index in [4.69, 9.17) is 0 Å². The van der Waals surface area contributed by atoms with E-state index in [1.54, 1.807) is 0 Å². The second-order valence-electron chi connectivity index (χ2n) is 17.3. The van der Waals surface area contributed by atoms with Crippen LogP contribution >= 0.6 is 0 Å². The molecular weight excluding hydrogens is 735 g/mol. The van der Waals surface area contributed by atoms with E-state index in [2.05, 4.69) is 219 Å². The number of nitrogens with zero attached hydrogens (tertiary/aromatic N) is 1. The Labute approximate surface area is 357 Å². The van der Waals surface area contributed by atoms with Crippen LogP contribution in [-0.4, -0.2) is 6.04 Å². The molecule has 0 radical (unpaired) electrons. The Hall–Kier alpha value is -7.22. The van der Waals surface area contributed by atoms with Crippen LogP contribution in [0, 0.1) is 5.92 Å². The summed E-state index contributed by atoms with van der Waals surface area (Å²) in [5, 5.41) is 13.2. The van der Waals surface area contributed by atoms with Crippen LogP contribution in [0.4, 0.5) is 5.69 Å². The van der Waals surface area contributed by atoms with E-state index >= 15 is 0 Å². The average molecular weight is 780 g/mol. The molecule has 0 aromatic heterocycles. The van der Waals surface area contributed by atoms with Crippen LogP contribution in [0.25, 0.3) is 93.3 Å². The topological polar surface area (TPSA) is 3.24 Å². The van der Waals surface area contributed by atoms with Gasteiger partial charge in [0.25, 0.3) is 0 Å². The minimum atomic E-state index is 0.108. The van der Waals surface area contributed by atoms with Gasteiger partial charge in [-0.15, -0.1) is 0 Å². The highest BCUT2D eigenvalue weighted by atomic mass is 15.2. The molecule has 10 aromatic carbocycles. The lowest BCUT2D eigenvalue weighted by Gasteiger charge is -2.39. The van der Waals surface area contributed by atoms with Gasteiger partial charge in [-0.2, -0.15) is 0 Å². The second-order valence-corrected chi connectivity index (χ2v) is 17.3. The third-order valence-electron chi connectivity index (χ3n) is 13.4. The molecule has 1 heteroatoms. The van der Waals surface area contributed by atoms with Gasteiger partial charge >= 0.3 is 0 Å². The first-order chi connectivity index (χ1) is 30.1. The van der Waals surface area contributed by atoms with E-state index in [-0.39, 0.29) is 6.04 Å². The molecular formula is C60H45N. The molecule has 10 aromatic rings. The molecule has 0 saturated heterocycles. The molecule has 0 fully saturated rings. The molecule has 61 heavy (non-hydrogen) atoms. The van der Waals surface area contributed by atoms with Gasteiger partial charge in [0.2, 0.25) is 0 Å². The summed E-state index contributed by atoms with van der Waals surface area (Å²) >= 11 is 0. The number of fused-ring (bicyclic) bond motifs is 6. The Bertz CT molecular complexity index is 3360. The fourth-order valence-corrected chi connectivity index (χ4v) is 11.0. The van der Waals surface area contributed by atoms with Crippen LogP contribution in [0.15, 0.2) is 205 Å². The number of rotatable bonds is 6. The first-order valence-corrected chi connectivity index (χ1v) is 21.8. The Morgan fingerprint density at radius 2 is 1.07 bits per heavy atom. The Morgan fingerprint density at radius 3 is 1.72 bits per heavy atom. The van der Waals surface area contributed by atoms with Gasteiger partial charge in [0, 0.05) is 11.4 Å². The first kappa shape index (κ1) is 35.7. The van der Waals surface area contributed by atoms with E-state index in [0.717, 1.165) is 12.8 Å². The predicted molar refractivity (Wildman–Crippen MR) is 263 cm³/mol. The summed E-state index contributed by atoms with van der Waals surface area (Å²) in [5.74, 6) is 0.457. The molecule has 2 aliphatic carbocycles. The van der Waals surface area contributed by atoms with Gasteiger partial charge in [-0.3, -0.25) is 0 Å². The van der Waals surface area contributed by atoms with Crippen LogP contribution in [0.3, 0.4) is 0 Å². The van der Waals surface area contributed by atoms with Crippen LogP contribution in [0.2, 0.25) is 0 Å². The van der Waals surface area contributed by atoms with Gasteiger partial charge in [-0.25, -0.2) is 0 Å². The molecule has 0 amide bonds. The van der Waals surface area contributed by atoms with Gasteiger partial charge < -0.3 is 4.90 Å². The zero-order chi connectivity index (χ0) is 40.6. The average Bonchev–Trinajstić information content (AvgIpc) is 3.31. The smallest absolute Gasteiger partial charge is 0.0563 e. The molecule has 0 saturated carbocycles. The first-order valence-electron chi connectivity index (χ1n) is 21.8. The zero-order valence-electron chi connectivity index (χ0n) is 34.6. The van der Waals surface area contributed by atoms with Gasteiger partial charge in [0.05, 0.1) is 6.04 Å². The van der Waals surface area contributed by atoms with Crippen LogP contribution < -0.4 is 4.90 Å². The van der Waals surface area contributed by atoms with Crippen LogP contribution in [0.1, 0.15) is 31.4 Å². The Kier molecular flexibility index (Phi) is 8.32. The summed E-state index contributed by atoms with van der Waals surface area (Å²) in [4.78, 5) is 2.69. The summed E-state index contributed by atoms with van der Waals surface area (Å²) in [6, 6.07) is 65.7. The minimum Gasteiger partial charge on any atom is -0.338 e. The standard InChI is InChI=1S/C60H45N/c1-38-31-39(2)33-48(32-38)61(49-34-45-27-25-43-21-14-22-44-26-28-46(35-49)57(45)56(43)44)47-29-30-52-55(36-47)50-23-12-13-24-51(50)59-54(41-17-8-4-9-18-41)37-53(40-15-6-3-7-16-40)58(60(52)59)42-19-10-5-11-20-42/h3-32,34-35,37,39,47H,33,36H2,1-2H3. The molecule has 0 aliphatic heterocycles. The predicted octanol–water partition coefficient (Wildman–Crippen LogP) is 16.2. The molecule has 0 spiro atoms. The molecule has 2 unspecified atom stereocenters. The monoisotopic (exact) mass is 779 g/mol. The third kappa shape index (κ3) is 5.83. The second kappa shape index (κ2) is 14.2. The van der Waals surface area contributed by atoms with E-state index in [9.17, 15) is 0 Å². The lowest BCUT2D eigenvalue weighted by Crippen LogP contribution is -2.37. The molecule has 2 aliphatic rings. The highest BCUT2D eigenvalue weighted by Gasteiger charge is 2.31. The van der Waals surface area contributed by atoms with E-state index in [1.807, 2.05) is 0 Å². The van der Waals surface area contributed by atoms with E-state index in [0.29, 0.717) is 5.92 Å². The molecule has 0 N–H and O–H groups in total. The molecule has 1 nitrogen and oxygen atoms in total. The number of benzene rings is 10. The summed E-state index contributed by atoms with van der Waals surface area (Å²) in [6.45, 7) is 4.63. The van der Waals surface area contributed by atoms with Crippen molar-refractivity contribution in [3.8, 4) is 33.4 Å². The molecule has 0 heterocycles. The van der Waals surface area contributed by atoms with Crippen molar-refractivity contribution < 1.29 is 0 Å². The summed E-state index contributed by atoms with van der Waals surface area (Å²) < 4.78 is 0. The van der Waals surface area contributed by atoms with Crippen molar-refractivity contribution >= 4 is 65.6 Å². The Morgan fingerprint density at radius 1 is 0.492 bits per heavy atom. The minimum absolute atomic E-state index is 0.108. The largest absolute Gasteiger partial charge is 0.338 e. The van der Waals surface area contributed by atoms with E-state index in [1.165, 1.54) is 115 Å². The van der Waals surface area contributed by atoms with Crippen molar-refractivity contribution in [1.82, 2.24) is 0 Å². The highest BCUT2D eigenvalue weighted by Crippen LogP contribution is 2.50. The summed E-state index contributed by atoms with van der Waals surface area (Å²) in [6.07, 6.45) is 11.8. The molecule has 12 rings (SSSR count). The van der Waals surface area contributed by atoms with Crippen molar-refractivity contribution in [2.75, 3.05) is 4.90 Å². The van der Waals surface area contributed by atoms with Gasteiger partial charge in [0.15, 0.2) is 0 Å². The highest BCUT2D eigenvalue weighted by molar-refractivity contribution is 6.25. The zero-order valence-corrected chi connectivity index (χ0v) is 34.6. The quantitative estimate of drug-likeness (QED) is 0.152. The van der Waals surface area contributed by atoms with Crippen molar-refractivity contribution in [2.45, 2.75) is 32.7 Å². The van der Waals surface area contributed by atoms with Crippen molar-refractivity contribution in [1.29, 1.82) is 0 Å².